The highest BCUT2D eigenvalue weighted by atomic mass is 35.5. The van der Waals surface area contributed by atoms with Crippen LogP contribution in [0.3, 0.4) is 0 Å². The van der Waals surface area contributed by atoms with Crippen molar-refractivity contribution in [3.8, 4) is 11.3 Å². The van der Waals surface area contributed by atoms with Crippen molar-refractivity contribution in [3.05, 3.63) is 61.4 Å². The summed E-state index contributed by atoms with van der Waals surface area (Å²) in [6.45, 7) is 2.00. The lowest BCUT2D eigenvalue weighted by atomic mass is 10.1. The second-order valence-corrected chi connectivity index (χ2v) is 7.66. The molecule has 0 radical (unpaired) electrons. The Morgan fingerprint density at radius 3 is 2.39 bits per heavy atom. The van der Waals surface area contributed by atoms with Crippen LogP contribution in [0, 0.1) is 6.92 Å². The molecule has 1 heterocycles. The quantitative estimate of drug-likeness (QED) is 0.490. The fraction of sp³-hybridized carbons (Fsp3) is 0.0625. The van der Waals surface area contributed by atoms with Crippen LogP contribution in [0.5, 0.6) is 0 Å². The fourth-order valence-electron chi connectivity index (χ4n) is 2.07. The van der Waals surface area contributed by atoms with Gasteiger partial charge in [0.05, 0.1) is 26.4 Å². The zero-order valence-electron chi connectivity index (χ0n) is 11.8. The summed E-state index contributed by atoms with van der Waals surface area (Å²) in [7, 11) is 0. The second kappa shape index (κ2) is 6.88. The largest absolute Gasteiger partial charge is 0.330 e. The molecule has 0 atom stereocenters. The van der Waals surface area contributed by atoms with E-state index in [1.54, 1.807) is 18.2 Å². The number of nitrogens with zero attached hydrogens (tertiary/aromatic N) is 1. The minimum Gasteiger partial charge on any atom is -0.330 e. The van der Waals surface area contributed by atoms with Crippen LogP contribution in [0.1, 0.15) is 4.88 Å². The number of benzene rings is 2. The summed E-state index contributed by atoms with van der Waals surface area (Å²) in [5.74, 6) is 0. The highest BCUT2D eigenvalue weighted by Gasteiger charge is 2.12. The molecule has 7 heteroatoms. The lowest BCUT2D eigenvalue weighted by Gasteiger charge is -2.05. The molecule has 0 aliphatic heterocycles. The van der Waals surface area contributed by atoms with E-state index >= 15 is 0 Å². The zero-order chi connectivity index (χ0) is 16.6. The van der Waals surface area contributed by atoms with E-state index in [1.165, 1.54) is 11.3 Å². The van der Waals surface area contributed by atoms with Crippen LogP contribution in [-0.4, -0.2) is 4.98 Å². The number of aryl methyl sites for hydroxylation is 1. The topological polar surface area (TPSA) is 24.9 Å². The van der Waals surface area contributed by atoms with E-state index in [9.17, 15) is 0 Å². The van der Waals surface area contributed by atoms with E-state index in [4.69, 9.17) is 46.4 Å². The summed E-state index contributed by atoms with van der Waals surface area (Å²) < 4.78 is 0. The molecule has 0 amide bonds. The molecular formula is C16H10Cl4N2S. The lowest BCUT2D eigenvalue weighted by Crippen LogP contribution is -1.90. The molecule has 3 aromatic rings. The SMILES string of the molecule is Cc1sc(Nc2ccc(Cl)cc2Cl)nc1-c1ccc(Cl)c(Cl)c1. The van der Waals surface area contributed by atoms with Gasteiger partial charge in [0.2, 0.25) is 0 Å². The van der Waals surface area contributed by atoms with E-state index < -0.39 is 0 Å². The molecular weight excluding hydrogens is 394 g/mol. The molecule has 3 rings (SSSR count). The maximum atomic E-state index is 6.18. The van der Waals surface area contributed by atoms with Crippen LogP contribution in [0.15, 0.2) is 36.4 Å². The molecule has 23 heavy (non-hydrogen) atoms. The van der Waals surface area contributed by atoms with Gasteiger partial charge in [-0.05, 0) is 37.3 Å². The Balaban J connectivity index is 1.93. The number of anilines is 2. The number of nitrogens with one attached hydrogen (secondary N) is 1. The minimum absolute atomic E-state index is 0.506. The van der Waals surface area contributed by atoms with Gasteiger partial charge in [-0.15, -0.1) is 11.3 Å². The van der Waals surface area contributed by atoms with Crippen molar-refractivity contribution >= 4 is 68.6 Å². The maximum absolute atomic E-state index is 6.18. The van der Waals surface area contributed by atoms with E-state index in [0.29, 0.717) is 20.1 Å². The molecule has 2 aromatic carbocycles. The lowest BCUT2D eigenvalue weighted by molar-refractivity contribution is 1.36. The van der Waals surface area contributed by atoms with Crippen molar-refractivity contribution in [3.63, 3.8) is 0 Å². The van der Waals surface area contributed by atoms with Crippen molar-refractivity contribution in [2.45, 2.75) is 6.92 Å². The van der Waals surface area contributed by atoms with Crippen molar-refractivity contribution in [2.75, 3.05) is 5.32 Å². The zero-order valence-corrected chi connectivity index (χ0v) is 15.7. The fourth-order valence-corrected chi connectivity index (χ4v) is 3.67. The van der Waals surface area contributed by atoms with Gasteiger partial charge in [-0.2, -0.15) is 0 Å². The Labute approximate surface area is 158 Å². The molecule has 0 unspecified atom stereocenters. The molecule has 0 saturated carbocycles. The van der Waals surface area contributed by atoms with E-state index in [-0.39, 0.29) is 0 Å². The van der Waals surface area contributed by atoms with Gasteiger partial charge in [0, 0.05) is 15.5 Å². The number of hydrogen-bond donors (Lipinski definition) is 1. The molecule has 0 aliphatic rings. The first-order chi connectivity index (χ1) is 10.9. The highest BCUT2D eigenvalue weighted by Crippen LogP contribution is 2.36. The van der Waals surface area contributed by atoms with E-state index in [2.05, 4.69) is 10.3 Å². The first-order valence-corrected chi connectivity index (χ1v) is 8.92. The summed E-state index contributed by atoms with van der Waals surface area (Å²) >= 11 is 25.7. The smallest absolute Gasteiger partial charge is 0.188 e. The van der Waals surface area contributed by atoms with Crippen molar-refractivity contribution in [1.29, 1.82) is 0 Å². The van der Waals surface area contributed by atoms with E-state index in [0.717, 1.165) is 27.0 Å². The normalized spacial score (nSPS) is 10.8. The third-order valence-electron chi connectivity index (χ3n) is 3.16. The standard InChI is InChI=1S/C16H10Cl4N2S/c1-8-15(9-2-4-11(18)12(19)6-9)22-16(23-8)21-14-5-3-10(17)7-13(14)20/h2-7H,1H3,(H,21,22). The predicted molar refractivity (Wildman–Crippen MR) is 102 cm³/mol. The minimum atomic E-state index is 0.506. The number of aromatic nitrogens is 1. The Morgan fingerprint density at radius 1 is 0.913 bits per heavy atom. The molecule has 0 fully saturated rings. The maximum Gasteiger partial charge on any atom is 0.188 e. The summed E-state index contributed by atoms with van der Waals surface area (Å²) in [4.78, 5) is 5.69. The highest BCUT2D eigenvalue weighted by molar-refractivity contribution is 7.16. The van der Waals surface area contributed by atoms with Gasteiger partial charge < -0.3 is 5.32 Å². The number of hydrogen-bond acceptors (Lipinski definition) is 3. The molecule has 1 N–H and O–H groups in total. The summed E-state index contributed by atoms with van der Waals surface area (Å²) in [6.07, 6.45) is 0. The van der Waals surface area contributed by atoms with E-state index in [1.807, 2.05) is 25.1 Å². The first kappa shape index (κ1) is 16.9. The predicted octanol–water partition coefficient (Wildman–Crippen LogP) is 7.48. The average Bonchev–Trinajstić information content (AvgIpc) is 2.86. The molecule has 0 saturated heterocycles. The van der Waals surface area contributed by atoms with Crippen LogP contribution in [0.2, 0.25) is 20.1 Å². The van der Waals surface area contributed by atoms with Crippen molar-refractivity contribution < 1.29 is 0 Å². The molecule has 118 valence electrons. The second-order valence-electron chi connectivity index (χ2n) is 4.80. The molecule has 1 aromatic heterocycles. The Bertz CT molecular complexity index is 877. The van der Waals surface area contributed by atoms with Crippen LogP contribution < -0.4 is 5.32 Å². The Morgan fingerprint density at radius 2 is 1.70 bits per heavy atom. The van der Waals surface area contributed by atoms with Crippen molar-refractivity contribution in [1.82, 2.24) is 4.98 Å². The number of halogens is 4. The van der Waals surface area contributed by atoms with Crippen LogP contribution >= 0.6 is 57.7 Å². The molecule has 0 aliphatic carbocycles. The summed E-state index contributed by atoms with van der Waals surface area (Å²) in [6, 6.07) is 10.8. The monoisotopic (exact) mass is 402 g/mol. The first-order valence-electron chi connectivity index (χ1n) is 6.59. The number of thiazole rings is 1. The van der Waals surface area contributed by atoms with Gasteiger partial charge in [0.1, 0.15) is 0 Å². The van der Waals surface area contributed by atoms with Gasteiger partial charge in [0.25, 0.3) is 0 Å². The summed E-state index contributed by atoms with van der Waals surface area (Å²) in [5.41, 5.74) is 2.54. The van der Waals surface area contributed by atoms with Crippen molar-refractivity contribution in [2.24, 2.45) is 0 Å². The van der Waals surface area contributed by atoms with Crippen LogP contribution in [0.4, 0.5) is 10.8 Å². The Kier molecular flexibility index (Phi) is 5.04. The average molecular weight is 404 g/mol. The number of rotatable bonds is 3. The van der Waals surface area contributed by atoms with Crippen LogP contribution in [-0.2, 0) is 0 Å². The van der Waals surface area contributed by atoms with Gasteiger partial charge in [-0.1, -0.05) is 52.5 Å². The molecule has 0 spiro atoms. The van der Waals surface area contributed by atoms with Gasteiger partial charge in [-0.3, -0.25) is 0 Å². The van der Waals surface area contributed by atoms with Gasteiger partial charge in [-0.25, -0.2) is 4.98 Å². The summed E-state index contributed by atoms with van der Waals surface area (Å²) in [5, 5.41) is 6.12. The van der Waals surface area contributed by atoms with Gasteiger partial charge in [0.15, 0.2) is 5.13 Å². The van der Waals surface area contributed by atoms with Gasteiger partial charge >= 0.3 is 0 Å². The molecule has 2 nitrogen and oxygen atoms in total. The third kappa shape index (κ3) is 3.76. The third-order valence-corrected chi connectivity index (χ3v) is 5.34. The molecule has 0 bridgehead atoms. The Hall–Kier alpha value is -0.970. The van der Waals surface area contributed by atoms with Crippen LogP contribution in [0.25, 0.3) is 11.3 Å².